The van der Waals surface area contributed by atoms with Crippen LogP contribution >= 0.6 is 0 Å². The van der Waals surface area contributed by atoms with Crippen molar-refractivity contribution in [2.45, 2.75) is 38.0 Å². The molecule has 1 aromatic carbocycles. The van der Waals surface area contributed by atoms with Gasteiger partial charge in [-0.3, -0.25) is 0 Å². The Kier molecular flexibility index (Phi) is 4.48. The lowest BCUT2D eigenvalue weighted by atomic mass is 10.0. The molecule has 2 aromatic rings. The first-order chi connectivity index (χ1) is 11.4. The van der Waals surface area contributed by atoms with Gasteiger partial charge in [0.2, 0.25) is 15.8 Å². The maximum absolute atomic E-state index is 12.9. The Morgan fingerprint density at radius 3 is 2.50 bits per heavy atom. The van der Waals surface area contributed by atoms with Gasteiger partial charge in [0.15, 0.2) is 0 Å². The number of nitrogens with zero attached hydrogens (tertiary/aromatic N) is 2. The van der Waals surface area contributed by atoms with E-state index in [2.05, 4.69) is 9.83 Å². The van der Waals surface area contributed by atoms with Crippen molar-refractivity contribution >= 4 is 15.8 Å². The molecule has 1 aliphatic heterocycles. The van der Waals surface area contributed by atoms with Crippen LogP contribution in [0.3, 0.4) is 0 Å². The molecule has 24 heavy (non-hydrogen) atoms. The van der Waals surface area contributed by atoms with E-state index in [1.54, 1.807) is 16.4 Å². The van der Waals surface area contributed by atoms with Gasteiger partial charge < -0.3 is 9.83 Å². The Morgan fingerprint density at radius 2 is 1.88 bits per heavy atom. The number of nitrogens with one attached hydrogen (secondary N) is 1. The number of hydrogen-bond donors (Lipinski definition) is 1. The summed E-state index contributed by atoms with van der Waals surface area (Å²) in [4.78, 5) is 6.96. The Bertz CT molecular complexity index is 901. The fourth-order valence-electron chi connectivity index (χ4n) is 3.31. The van der Waals surface area contributed by atoms with E-state index in [-0.39, 0.29) is 0 Å². The predicted octanol–water partition coefficient (Wildman–Crippen LogP) is 3.56. The van der Waals surface area contributed by atoms with Crippen molar-refractivity contribution in [3.63, 3.8) is 0 Å². The van der Waals surface area contributed by atoms with Gasteiger partial charge in [0, 0.05) is 19.5 Å². The van der Waals surface area contributed by atoms with Crippen LogP contribution in [0.5, 0.6) is 0 Å². The molecule has 6 heteroatoms. The van der Waals surface area contributed by atoms with Gasteiger partial charge in [-0.15, -0.1) is 0 Å². The van der Waals surface area contributed by atoms with E-state index in [0.29, 0.717) is 30.2 Å². The third-order valence-electron chi connectivity index (χ3n) is 4.70. The molecule has 0 unspecified atom stereocenters. The van der Waals surface area contributed by atoms with Crippen LogP contribution in [0, 0.1) is 20.4 Å². The summed E-state index contributed by atoms with van der Waals surface area (Å²) in [6.45, 7) is 12.2. The van der Waals surface area contributed by atoms with Crippen molar-refractivity contribution in [3.8, 4) is 0 Å². The first-order valence-corrected chi connectivity index (χ1v) is 9.52. The third kappa shape index (κ3) is 2.85. The molecule has 0 bridgehead atoms. The number of H-pyrrole nitrogens is 1. The molecule has 0 saturated carbocycles. The lowest BCUT2D eigenvalue weighted by Gasteiger charge is -2.18. The zero-order valence-electron chi connectivity index (χ0n) is 14.0. The maximum atomic E-state index is 12.9. The smallest absolute Gasteiger partial charge is 0.243 e. The fourth-order valence-corrected chi connectivity index (χ4v) is 5.05. The van der Waals surface area contributed by atoms with Gasteiger partial charge in [0.1, 0.15) is 0 Å². The second-order valence-corrected chi connectivity index (χ2v) is 8.12. The first kappa shape index (κ1) is 16.7. The zero-order chi connectivity index (χ0) is 17.3. The van der Waals surface area contributed by atoms with Gasteiger partial charge in [-0.25, -0.2) is 8.42 Å². The van der Waals surface area contributed by atoms with Crippen LogP contribution in [0.2, 0.25) is 0 Å². The monoisotopic (exact) mass is 343 g/mol. The Morgan fingerprint density at radius 1 is 1.21 bits per heavy atom. The molecule has 1 aliphatic rings. The minimum atomic E-state index is -3.45. The topological polar surface area (TPSA) is 57.5 Å². The number of benzene rings is 1. The van der Waals surface area contributed by atoms with Crippen molar-refractivity contribution in [3.05, 3.63) is 58.1 Å². The second-order valence-electron chi connectivity index (χ2n) is 6.21. The summed E-state index contributed by atoms with van der Waals surface area (Å²) < 4.78 is 27.5. The maximum Gasteiger partial charge on any atom is 0.243 e. The fraction of sp³-hybridized carbons (Fsp3) is 0.389. The van der Waals surface area contributed by atoms with Crippen molar-refractivity contribution in [1.82, 2.24) is 9.29 Å². The molecule has 0 atom stereocenters. The second kappa shape index (κ2) is 6.42. The molecule has 0 amide bonds. The number of rotatable bonds is 4. The quantitative estimate of drug-likeness (QED) is 0.863. The average Bonchev–Trinajstić information content (AvgIpc) is 3.19. The molecule has 0 aliphatic carbocycles. The molecule has 0 spiro atoms. The van der Waals surface area contributed by atoms with Gasteiger partial charge in [-0.2, -0.15) is 4.31 Å². The van der Waals surface area contributed by atoms with E-state index in [4.69, 9.17) is 6.57 Å². The number of aromatic amines is 1. The number of aryl methyl sites for hydroxylation is 1. The lowest BCUT2D eigenvalue weighted by molar-refractivity contribution is 0.477. The predicted molar refractivity (Wildman–Crippen MR) is 93.8 cm³/mol. The highest BCUT2D eigenvalue weighted by Gasteiger charge is 2.29. The minimum Gasteiger partial charge on any atom is -0.364 e. The molecule has 1 fully saturated rings. The van der Waals surface area contributed by atoms with E-state index in [1.807, 2.05) is 26.0 Å². The SMILES string of the molecule is [C-]#[N+]c1[nH]c(C)c(Cc2ccccc2S(=O)(=O)N2CCCC2)c1C. The third-order valence-corrected chi connectivity index (χ3v) is 6.70. The molecule has 1 aromatic heterocycles. The van der Waals surface area contributed by atoms with Gasteiger partial charge in [0.05, 0.1) is 10.6 Å². The van der Waals surface area contributed by atoms with E-state index < -0.39 is 10.0 Å². The zero-order valence-corrected chi connectivity index (χ0v) is 14.8. The van der Waals surface area contributed by atoms with Crippen molar-refractivity contribution in [2.24, 2.45) is 0 Å². The van der Waals surface area contributed by atoms with Crippen molar-refractivity contribution in [2.75, 3.05) is 13.1 Å². The number of aromatic nitrogens is 1. The first-order valence-electron chi connectivity index (χ1n) is 8.08. The highest BCUT2D eigenvalue weighted by atomic mass is 32.2. The minimum absolute atomic E-state index is 0.385. The normalized spacial score (nSPS) is 15.5. The molecular weight excluding hydrogens is 322 g/mol. The van der Waals surface area contributed by atoms with Gasteiger partial charge in [-0.05, 0) is 49.4 Å². The molecule has 1 saturated heterocycles. The summed E-state index contributed by atoms with van der Waals surface area (Å²) in [6.07, 6.45) is 2.35. The molecule has 126 valence electrons. The van der Waals surface area contributed by atoms with Gasteiger partial charge in [-0.1, -0.05) is 24.8 Å². The van der Waals surface area contributed by atoms with E-state index in [9.17, 15) is 8.42 Å². The van der Waals surface area contributed by atoms with Crippen LogP contribution in [0.25, 0.3) is 4.85 Å². The van der Waals surface area contributed by atoms with Crippen molar-refractivity contribution in [1.29, 1.82) is 0 Å². The molecule has 0 radical (unpaired) electrons. The summed E-state index contributed by atoms with van der Waals surface area (Å²) >= 11 is 0. The Hall–Kier alpha value is -2.10. The standard InChI is InChI=1S/C18H21N3O2S/c1-13-16(14(2)20-18(13)19-3)12-15-8-4-5-9-17(15)24(22,23)21-10-6-7-11-21/h4-5,8-9,20H,6-7,10-12H2,1-2H3. The highest BCUT2D eigenvalue weighted by molar-refractivity contribution is 7.89. The number of sulfonamides is 1. The van der Waals surface area contributed by atoms with E-state index in [1.165, 1.54) is 0 Å². The van der Waals surface area contributed by atoms with E-state index in [0.717, 1.165) is 35.2 Å². The Balaban J connectivity index is 2.02. The van der Waals surface area contributed by atoms with Crippen LogP contribution in [-0.4, -0.2) is 30.8 Å². The Labute approximate surface area is 143 Å². The largest absolute Gasteiger partial charge is 0.364 e. The number of hydrogen-bond acceptors (Lipinski definition) is 2. The van der Waals surface area contributed by atoms with Crippen LogP contribution in [0.15, 0.2) is 29.2 Å². The lowest BCUT2D eigenvalue weighted by Crippen LogP contribution is -2.28. The van der Waals surface area contributed by atoms with Gasteiger partial charge >= 0.3 is 0 Å². The average molecular weight is 343 g/mol. The van der Waals surface area contributed by atoms with Crippen LogP contribution in [0.4, 0.5) is 5.82 Å². The van der Waals surface area contributed by atoms with Crippen LogP contribution in [0.1, 0.15) is 35.2 Å². The molecule has 3 rings (SSSR count). The molecular formula is C18H21N3O2S. The summed E-state index contributed by atoms with van der Waals surface area (Å²) in [5.74, 6) is 0.530. The van der Waals surface area contributed by atoms with Crippen LogP contribution in [-0.2, 0) is 16.4 Å². The summed E-state index contributed by atoms with van der Waals surface area (Å²) in [5, 5.41) is 0. The van der Waals surface area contributed by atoms with Crippen molar-refractivity contribution < 1.29 is 8.42 Å². The highest BCUT2D eigenvalue weighted by Crippen LogP contribution is 2.30. The van der Waals surface area contributed by atoms with Crippen LogP contribution < -0.4 is 0 Å². The summed E-state index contributed by atoms with van der Waals surface area (Å²) in [6, 6.07) is 7.20. The summed E-state index contributed by atoms with van der Waals surface area (Å²) in [7, 11) is -3.45. The molecule has 1 N–H and O–H groups in total. The van der Waals surface area contributed by atoms with Gasteiger partial charge in [0.25, 0.3) is 0 Å². The molecule has 5 nitrogen and oxygen atoms in total. The van der Waals surface area contributed by atoms with E-state index >= 15 is 0 Å². The summed E-state index contributed by atoms with van der Waals surface area (Å²) in [5.41, 5.74) is 3.61. The molecule has 2 heterocycles.